The van der Waals surface area contributed by atoms with Crippen molar-refractivity contribution in [1.29, 1.82) is 5.26 Å². The average Bonchev–Trinajstić information content (AvgIpc) is 3.63. The number of nitriles is 1. The van der Waals surface area contributed by atoms with Crippen LogP contribution in [0.2, 0.25) is 0 Å². The van der Waals surface area contributed by atoms with Crippen molar-refractivity contribution in [3.63, 3.8) is 0 Å². The lowest BCUT2D eigenvalue weighted by atomic mass is 10.1. The maximum atomic E-state index is 14.0. The number of hydrogen-bond donors (Lipinski definition) is 1. The van der Waals surface area contributed by atoms with Crippen LogP contribution in [0, 0.1) is 25.2 Å². The summed E-state index contributed by atoms with van der Waals surface area (Å²) in [6.45, 7) is 3.78. The SMILES string of the molecule is Cc1ccc(Nc2ccc3c(c2)ncn3-c2ccc([C@H]3C[C@@H](F)CO3)c(-n3nc(C#N)cc3C)n2)nn1. The third-order valence-electron chi connectivity index (χ3n) is 6.25. The van der Waals surface area contributed by atoms with Crippen LogP contribution in [0.15, 0.2) is 54.9 Å². The molecule has 0 unspecified atom stereocenters. The number of aromatic nitrogens is 7. The molecular weight excluding hydrogens is 473 g/mol. The van der Waals surface area contributed by atoms with E-state index in [1.54, 1.807) is 17.1 Å². The summed E-state index contributed by atoms with van der Waals surface area (Å²) in [6, 6.07) is 17.0. The van der Waals surface area contributed by atoms with Crippen molar-refractivity contribution >= 4 is 22.5 Å². The molecule has 5 aromatic rings. The highest BCUT2D eigenvalue weighted by atomic mass is 19.1. The molecule has 1 N–H and O–H groups in total. The standard InChI is InChI=1S/C26H22FN9O/c1-15-3-7-24(33-32-15)30-18-4-6-22-21(11-18)29-14-35(22)25-8-5-20(23-10-17(27)13-37-23)26(31-25)36-16(2)9-19(12-28)34-36/h3-9,11,14,17,23H,10,13H2,1-2H3,(H,30,33)/t17-,23-/m1/s1. The molecule has 184 valence electrons. The van der Waals surface area contributed by atoms with Crippen LogP contribution in [0.1, 0.15) is 35.2 Å². The van der Waals surface area contributed by atoms with E-state index in [0.29, 0.717) is 17.5 Å². The van der Waals surface area contributed by atoms with E-state index < -0.39 is 12.3 Å². The van der Waals surface area contributed by atoms with Gasteiger partial charge in [0, 0.05) is 23.4 Å². The van der Waals surface area contributed by atoms with E-state index in [4.69, 9.17) is 9.72 Å². The van der Waals surface area contributed by atoms with Gasteiger partial charge >= 0.3 is 0 Å². The maximum Gasteiger partial charge on any atom is 0.163 e. The first-order chi connectivity index (χ1) is 18.0. The van der Waals surface area contributed by atoms with Crippen LogP contribution in [0.25, 0.3) is 22.7 Å². The molecule has 1 aliphatic heterocycles. The lowest BCUT2D eigenvalue weighted by Crippen LogP contribution is -2.12. The quantitative estimate of drug-likeness (QED) is 0.380. The maximum absolute atomic E-state index is 14.0. The number of pyridine rings is 1. The van der Waals surface area contributed by atoms with Crippen molar-refractivity contribution in [3.05, 3.63) is 77.5 Å². The van der Waals surface area contributed by atoms with E-state index in [0.717, 1.165) is 33.7 Å². The number of fused-ring (bicyclic) bond motifs is 1. The smallest absolute Gasteiger partial charge is 0.163 e. The summed E-state index contributed by atoms with van der Waals surface area (Å²) in [4.78, 5) is 9.46. The number of imidazole rings is 1. The number of nitrogens with zero attached hydrogens (tertiary/aromatic N) is 8. The summed E-state index contributed by atoms with van der Waals surface area (Å²) >= 11 is 0. The highest BCUT2D eigenvalue weighted by Crippen LogP contribution is 2.34. The Kier molecular flexibility index (Phi) is 5.58. The molecule has 0 bridgehead atoms. The van der Waals surface area contributed by atoms with Gasteiger partial charge in [-0.15, -0.1) is 5.10 Å². The Morgan fingerprint density at radius 1 is 1.11 bits per heavy atom. The number of aryl methyl sites for hydroxylation is 2. The molecular formula is C26H22FN9O. The van der Waals surface area contributed by atoms with E-state index in [1.165, 1.54) is 0 Å². The fraction of sp³-hybridized carbons (Fsp3) is 0.231. The molecule has 37 heavy (non-hydrogen) atoms. The molecule has 0 spiro atoms. The van der Waals surface area contributed by atoms with Crippen molar-refractivity contribution in [2.45, 2.75) is 32.5 Å². The van der Waals surface area contributed by atoms with Gasteiger partial charge in [-0.25, -0.2) is 19.0 Å². The second-order valence-corrected chi connectivity index (χ2v) is 8.93. The molecule has 0 amide bonds. The molecule has 0 radical (unpaired) electrons. The minimum atomic E-state index is -1.03. The van der Waals surface area contributed by atoms with Crippen molar-refractivity contribution in [3.8, 4) is 17.7 Å². The summed E-state index contributed by atoms with van der Waals surface area (Å²) in [6.07, 6.45) is 0.469. The first-order valence-electron chi connectivity index (χ1n) is 11.8. The Balaban J connectivity index is 1.40. The lowest BCUT2D eigenvalue weighted by Gasteiger charge is -2.17. The number of alkyl halides is 1. The van der Waals surface area contributed by atoms with Gasteiger partial charge < -0.3 is 10.1 Å². The van der Waals surface area contributed by atoms with E-state index in [2.05, 4.69) is 31.7 Å². The molecule has 10 nitrogen and oxygen atoms in total. The van der Waals surface area contributed by atoms with Gasteiger partial charge in [0.05, 0.1) is 29.4 Å². The number of rotatable bonds is 5. The van der Waals surface area contributed by atoms with Gasteiger partial charge in [0.25, 0.3) is 0 Å². The van der Waals surface area contributed by atoms with Gasteiger partial charge in [-0.1, -0.05) is 0 Å². The molecule has 1 aromatic carbocycles. The minimum Gasteiger partial charge on any atom is -0.370 e. The third kappa shape index (κ3) is 4.28. The van der Waals surface area contributed by atoms with Gasteiger partial charge in [-0.3, -0.25) is 4.57 Å². The normalized spacial score (nSPS) is 17.2. The average molecular weight is 496 g/mol. The van der Waals surface area contributed by atoms with Crippen LogP contribution in [0.5, 0.6) is 0 Å². The molecule has 5 heterocycles. The van der Waals surface area contributed by atoms with Gasteiger partial charge in [-0.2, -0.15) is 15.5 Å². The van der Waals surface area contributed by atoms with E-state index in [-0.39, 0.29) is 18.7 Å². The van der Waals surface area contributed by atoms with Crippen molar-refractivity contribution in [1.82, 2.24) is 34.5 Å². The first-order valence-corrected chi connectivity index (χ1v) is 11.8. The number of hydrogen-bond acceptors (Lipinski definition) is 8. The number of anilines is 2. The van der Waals surface area contributed by atoms with Gasteiger partial charge in [0.15, 0.2) is 17.3 Å². The second-order valence-electron chi connectivity index (χ2n) is 8.93. The Hall–Kier alpha value is -4.69. The summed E-state index contributed by atoms with van der Waals surface area (Å²) < 4.78 is 23.1. The highest BCUT2D eigenvalue weighted by Gasteiger charge is 2.30. The minimum absolute atomic E-state index is 0.0457. The number of ether oxygens (including phenoxy) is 1. The van der Waals surface area contributed by atoms with E-state index in [9.17, 15) is 9.65 Å². The van der Waals surface area contributed by atoms with Crippen molar-refractivity contribution < 1.29 is 9.13 Å². The van der Waals surface area contributed by atoms with Crippen LogP contribution in [0.3, 0.4) is 0 Å². The molecule has 0 aliphatic carbocycles. The number of benzene rings is 1. The Bertz CT molecular complexity index is 1650. The van der Waals surface area contributed by atoms with Gasteiger partial charge in [-0.05, 0) is 62.4 Å². The monoisotopic (exact) mass is 495 g/mol. The van der Waals surface area contributed by atoms with Crippen LogP contribution in [-0.2, 0) is 4.74 Å². The van der Waals surface area contributed by atoms with Crippen LogP contribution in [-0.4, -0.2) is 47.3 Å². The fourth-order valence-corrected chi connectivity index (χ4v) is 4.44. The Morgan fingerprint density at radius 2 is 2.00 bits per heavy atom. The highest BCUT2D eigenvalue weighted by molar-refractivity contribution is 5.82. The predicted molar refractivity (Wildman–Crippen MR) is 134 cm³/mol. The molecule has 1 aliphatic rings. The van der Waals surface area contributed by atoms with Crippen molar-refractivity contribution in [2.75, 3.05) is 11.9 Å². The van der Waals surface area contributed by atoms with E-state index >= 15 is 0 Å². The zero-order valence-corrected chi connectivity index (χ0v) is 20.1. The molecule has 6 rings (SSSR count). The zero-order chi connectivity index (χ0) is 25.5. The predicted octanol–water partition coefficient (Wildman–Crippen LogP) is 4.43. The third-order valence-corrected chi connectivity index (χ3v) is 6.25. The molecule has 0 saturated carbocycles. The van der Waals surface area contributed by atoms with E-state index in [1.807, 2.05) is 60.9 Å². The van der Waals surface area contributed by atoms with Crippen LogP contribution < -0.4 is 5.32 Å². The van der Waals surface area contributed by atoms with Gasteiger partial charge in [0.2, 0.25) is 0 Å². The second kappa shape index (κ2) is 9.07. The largest absolute Gasteiger partial charge is 0.370 e. The first kappa shape index (κ1) is 22.8. The summed E-state index contributed by atoms with van der Waals surface area (Å²) in [5.74, 6) is 1.74. The molecule has 2 atom stereocenters. The summed E-state index contributed by atoms with van der Waals surface area (Å²) in [5, 5.41) is 25.2. The number of halogens is 1. The van der Waals surface area contributed by atoms with Crippen molar-refractivity contribution in [2.24, 2.45) is 0 Å². The van der Waals surface area contributed by atoms with Gasteiger partial charge in [0.1, 0.15) is 24.4 Å². The fourth-order valence-electron chi connectivity index (χ4n) is 4.44. The lowest BCUT2D eigenvalue weighted by molar-refractivity contribution is 0.103. The zero-order valence-electron chi connectivity index (χ0n) is 20.1. The Morgan fingerprint density at radius 3 is 2.73 bits per heavy atom. The topological polar surface area (TPSA) is 119 Å². The molecule has 11 heteroatoms. The summed E-state index contributed by atoms with van der Waals surface area (Å²) in [7, 11) is 0. The summed E-state index contributed by atoms with van der Waals surface area (Å²) in [5.41, 5.74) is 5.02. The Labute approximate surface area is 211 Å². The van der Waals surface area contributed by atoms with Crippen LogP contribution >= 0.6 is 0 Å². The molecule has 1 fully saturated rings. The van der Waals surface area contributed by atoms with Crippen LogP contribution in [0.4, 0.5) is 15.9 Å². The number of nitrogens with one attached hydrogen (secondary N) is 1. The molecule has 4 aromatic heterocycles. The molecule has 1 saturated heterocycles.